The molecule has 1 rings (SSSR count). The molecule has 3 N–H and O–H groups in total. The lowest BCUT2D eigenvalue weighted by molar-refractivity contribution is 0.464. The first-order chi connectivity index (χ1) is 11.0. The topological polar surface area (TPSA) is 82.6 Å². The normalized spacial score (nSPS) is 14.5. The highest BCUT2D eigenvalue weighted by Crippen LogP contribution is 2.16. The number of thiophene rings is 1. The van der Waals surface area contributed by atoms with Crippen LogP contribution in [0.5, 0.6) is 0 Å². The van der Waals surface area contributed by atoms with Crippen LogP contribution >= 0.6 is 11.3 Å². The third-order valence-electron chi connectivity index (χ3n) is 3.12. The summed E-state index contributed by atoms with van der Waals surface area (Å²) in [5.74, 6) is 0.696. The molecule has 1 heterocycles. The fourth-order valence-electron chi connectivity index (χ4n) is 2.31. The molecule has 0 bridgehead atoms. The van der Waals surface area contributed by atoms with Crippen molar-refractivity contribution in [2.24, 2.45) is 4.99 Å². The molecule has 0 aliphatic heterocycles. The van der Waals surface area contributed by atoms with Crippen molar-refractivity contribution in [3.63, 3.8) is 0 Å². The van der Waals surface area contributed by atoms with Gasteiger partial charge in [0.25, 0.3) is 0 Å². The summed E-state index contributed by atoms with van der Waals surface area (Å²) in [4.78, 5) is 7.17. The molecule has 0 aliphatic carbocycles. The van der Waals surface area contributed by atoms with Crippen molar-refractivity contribution in [3.05, 3.63) is 21.9 Å². The maximum absolute atomic E-state index is 11.4. The third-order valence-corrected chi connectivity index (χ3v) is 5.07. The summed E-state index contributed by atoms with van der Waals surface area (Å²) < 4.78 is 25.4. The van der Waals surface area contributed by atoms with Gasteiger partial charge in [0.1, 0.15) is 0 Å². The first-order valence-corrected chi connectivity index (χ1v) is 10.8. The van der Waals surface area contributed by atoms with E-state index >= 15 is 0 Å². The summed E-state index contributed by atoms with van der Waals surface area (Å²) in [6.45, 7) is 11.0. The molecule has 0 spiro atoms. The molecule has 1 aromatic rings. The van der Waals surface area contributed by atoms with Crippen LogP contribution in [0.3, 0.4) is 0 Å². The molecule has 0 radical (unpaired) electrons. The molecule has 1 aromatic heterocycles. The number of nitrogens with zero attached hydrogens (tertiary/aromatic N) is 1. The quantitative estimate of drug-likeness (QED) is 0.479. The third kappa shape index (κ3) is 8.65. The lowest BCUT2D eigenvalue weighted by atomic mass is 10.1. The van der Waals surface area contributed by atoms with Gasteiger partial charge in [0, 0.05) is 34.3 Å². The molecular weight excluding hydrogens is 344 g/mol. The van der Waals surface area contributed by atoms with Gasteiger partial charge in [0.15, 0.2) is 5.96 Å². The van der Waals surface area contributed by atoms with Gasteiger partial charge < -0.3 is 10.6 Å². The highest BCUT2D eigenvalue weighted by atomic mass is 32.2. The van der Waals surface area contributed by atoms with Gasteiger partial charge in [-0.3, -0.25) is 4.99 Å². The van der Waals surface area contributed by atoms with E-state index in [2.05, 4.69) is 46.3 Å². The van der Waals surface area contributed by atoms with Crippen molar-refractivity contribution in [1.29, 1.82) is 0 Å². The summed E-state index contributed by atoms with van der Waals surface area (Å²) in [6, 6.07) is 4.51. The lowest BCUT2D eigenvalue weighted by Gasteiger charge is -2.24. The van der Waals surface area contributed by atoms with Crippen LogP contribution in [-0.2, 0) is 16.4 Å². The van der Waals surface area contributed by atoms with E-state index in [4.69, 9.17) is 0 Å². The summed E-state index contributed by atoms with van der Waals surface area (Å²) in [5.41, 5.74) is -0.635. The minimum Gasteiger partial charge on any atom is -0.357 e. The molecular formula is C16H30N4O2S2. The van der Waals surface area contributed by atoms with E-state index in [1.54, 1.807) is 11.3 Å². The van der Waals surface area contributed by atoms with Gasteiger partial charge in [-0.2, -0.15) is 0 Å². The van der Waals surface area contributed by atoms with Crippen molar-refractivity contribution in [2.45, 2.75) is 52.6 Å². The van der Waals surface area contributed by atoms with Gasteiger partial charge in [0.2, 0.25) is 10.0 Å². The highest BCUT2D eigenvalue weighted by molar-refractivity contribution is 7.88. The predicted octanol–water partition coefficient (Wildman–Crippen LogP) is 1.87. The average molecular weight is 375 g/mol. The van der Waals surface area contributed by atoms with E-state index in [1.807, 2.05) is 20.8 Å². The molecule has 138 valence electrons. The number of nitrogens with one attached hydrogen (secondary N) is 3. The van der Waals surface area contributed by atoms with E-state index in [1.165, 1.54) is 9.75 Å². The van der Waals surface area contributed by atoms with E-state index in [0.717, 1.165) is 19.2 Å². The summed E-state index contributed by atoms with van der Waals surface area (Å²) in [7, 11) is -3.26. The largest absolute Gasteiger partial charge is 0.357 e. The molecule has 0 saturated carbocycles. The van der Waals surface area contributed by atoms with Crippen LogP contribution in [-0.4, -0.2) is 45.3 Å². The summed E-state index contributed by atoms with van der Waals surface area (Å²) in [5, 5.41) is 6.58. The van der Waals surface area contributed by atoms with Gasteiger partial charge in [0.05, 0.1) is 12.8 Å². The second-order valence-corrected chi connectivity index (χ2v) is 9.84. The Morgan fingerprint density at radius 1 is 1.38 bits per heavy atom. The van der Waals surface area contributed by atoms with Gasteiger partial charge in [-0.05, 0) is 46.8 Å². The Morgan fingerprint density at radius 2 is 2.04 bits per heavy atom. The number of hydrogen-bond donors (Lipinski definition) is 3. The lowest BCUT2D eigenvalue weighted by Crippen LogP contribution is -2.48. The summed E-state index contributed by atoms with van der Waals surface area (Å²) in [6.07, 6.45) is 2.08. The fourth-order valence-corrected chi connectivity index (χ4v) is 4.40. The Bertz CT molecular complexity index is 651. The van der Waals surface area contributed by atoms with Gasteiger partial charge >= 0.3 is 0 Å². The Morgan fingerprint density at radius 3 is 2.54 bits per heavy atom. The SMILES string of the molecule is CCNC(=NCC(C)(C)NS(C)(=O)=O)NC(C)Cc1ccc(C)s1. The van der Waals surface area contributed by atoms with E-state index in [0.29, 0.717) is 12.5 Å². The van der Waals surface area contributed by atoms with Crippen LogP contribution in [0.2, 0.25) is 0 Å². The molecule has 1 atom stereocenters. The monoisotopic (exact) mass is 374 g/mol. The van der Waals surface area contributed by atoms with Crippen molar-refractivity contribution in [1.82, 2.24) is 15.4 Å². The van der Waals surface area contributed by atoms with Crippen molar-refractivity contribution >= 4 is 27.3 Å². The van der Waals surface area contributed by atoms with Crippen LogP contribution in [0.25, 0.3) is 0 Å². The van der Waals surface area contributed by atoms with Gasteiger partial charge in [-0.1, -0.05) is 0 Å². The minimum absolute atomic E-state index is 0.229. The molecule has 8 heteroatoms. The van der Waals surface area contributed by atoms with Crippen LogP contribution < -0.4 is 15.4 Å². The van der Waals surface area contributed by atoms with Crippen LogP contribution in [0, 0.1) is 6.92 Å². The molecule has 24 heavy (non-hydrogen) atoms. The van der Waals surface area contributed by atoms with E-state index in [-0.39, 0.29) is 6.04 Å². The van der Waals surface area contributed by atoms with Gasteiger partial charge in [-0.15, -0.1) is 11.3 Å². The number of guanidine groups is 1. The molecule has 0 aromatic carbocycles. The first kappa shape index (κ1) is 20.9. The smallest absolute Gasteiger partial charge is 0.209 e. The maximum Gasteiger partial charge on any atom is 0.209 e. The second-order valence-electron chi connectivity index (χ2n) is 6.72. The Kier molecular flexibility index (Phi) is 7.69. The molecule has 0 aliphatic rings. The number of rotatable bonds is 8. The molecule has 0 fully saturated rings. The zero-order valence-corrected chi connectivity index (χ0v) is 17.1. The standard InChI is InChI=1S/C16H30N4O2S2/c1-7-17-15(18-11-16(4,5)20-24(6,21)22)19-12(2)10-14-9-8-13(3)23-14/h8-9,12,20H,7,10-11H2,1-6H3,(H2,17,18,19). The Hall–Kier alpha value is -1.12. The van der Waals surface area contributed by atoms with E-state index < -0.39 is 15.6 Å². The maximum atomic E-state index is 11.4. The van der Waals surface area contributed by atoms with Crippen molar-refractivity contribution < 1.29 is 8.42 Å². The van der Waals surface area contributed by atoms with Crippen molar-refractivity contribution in [2.75, 3.05) is 19.3 Å². The molecule has 1 unspecified atom stereocenters. The highest BCUT2D eigenvalue weighted by Gasteiger charge is 2.22. The van der Waals surface area contributed by atoms with Gasteiger partial charge in [-0.25, -0.2) is 13.1 Å². The summed E-state index contributed by atoms with van der Waals surface area (Å²) >= 11 is 1.80. The van der Waals surface area contributed by atoms with Crippen LogP contribution in [0.4, 0.5) is 0 Å². The van der Waals surface area contributed by atoms with Crippen molar-refractivity contribution in [3.8, 4) is 0 Å². The number of sulfonamides is 1. The van der Waals surface area contributed by atoms with Crippen LogP contribution in [0.15, 0.2) is 17.1 Å². The average Bonchev–Trinajstić information content (AvgIpc) is 2.79. The number of hydrogen-bond acceptors (Lipinski definition) is 4. The first-order valence-electron chi connectivity index (χ1n) is 8.10. The Labute approximate surface area is 150 Å². The molecule has 0 amide bonds. The predicted molar refractivity (Wildman–Crippen MR) is 103 cm³/mol. The zero-order chi connectivity index (χ0) is 18.4. The zero-order valence-electron chi connectivity index (χ0n) is 15.4. The Balaban J connectivity index is 2.67. The number of aliphatic imine (C=N–C) groups is 1. The van der Waals surface area contributed by atoms with E-state index in [9.17, 15) is 8.42 Å². The minimum atomic E-state index is -3.26. The fraction of sp³-hybridized carbons (Fsp3) is 0.688. The number of aryl methyl sites for hydroxylation is 1. The second kappa shape index (κ2) is 8.82. The van der Waals surface area contributed by atoms with Crippen LogP contribution in [0.1, 0.15) is 37.4 Å². The molecule has 6 nitrogen and oxygen atoms in total. The molecule has 0 saturated heterocycles.